The Bertz CT molecular complexity index is 2830. The van der Waals surface area contributed by atoms with Crippen molar-refractivity contribution in [2.75, 3.05) is 0 Å². The normalized spacial score (nSPS) is 15.2. The minimum absolute atomic E-state index is 0.593. The van der Waals surface area contributed by atoms with Crippen LogP contribution in [-0.2, 0) is 5.41 Å². The molecule has 1 spiro atoms. The van der Waals surface area contributed by atoms with Crippen LogP contribution in [0.4, 0.5) is 0 Å². The van der Waals surface area contributed by atoms with E-state index < -0.39 is 5.41 Å². The van der Waals surface area contributed by atoms with Crippen LogP contribution in [-0.4, -0.2) is 15.0 Å². The van der Waals surface area contributed by atoms with Crippen molar-refractivity contribution in [1.82, 2.24) is 15.0 Å². The van der Waals surface area contributed by atoms with Gasteiger partial charge in [0.1, 0.15) is 11.5 Å². The van der Waals surface area contributed by atoms with Crippen molar-refractivity contribution in [3.8, 4) is 56.8 Å². The molecule has 0 fully saturated rings. The molecular formula is C48H29N3O. The quantitative estimate of drug-likeness (QED) is 0.177. The Hall–Kier alpha value is -6.91. The van der Waals surface area contributed by atoms with Crippen molar-refractivity contribution < 1.29 is 4.74 Å². The second kappa shape index (κ2) is 11.0. The van der Waals surface area contributed by atoms with E-state index in [4.69, 9.17) is 19.7 Å². The zero-order chi connectivity index (χ0) is 34.2. The number of nitrogens with zero attached hydrogens (tertiary/aromatic N) is 3. The van der Waals surface area contributed by atoms with Crippen LogP contribution in [0.15, 0.2) is 176 Å². The van der Waals surface area contributed by atoms with Gasteiger partial charge in [0.25, 0.3) is 0 Å². The monoisotopic (exact) mass is 663 g/mol. The average Bonchev–Trinajstić information content (AvgIpc) is 3.53. The van der Waals surface area contributed by atoms with Crippen LogP contribution >= 0.6 is 0 Å². The van der Waals surface area contributed by atoms with Crippen LogP contribution in [0, 0.1) is 0 Å². The number of fused-ring (bicyclic) bond motifs is 14. The number of benzene rings is 8. The van der Waals surface area contributed by atoms with E-state index in [2.05, 4.69) is 115 Å². The summed E-state index contributed by atoms with van der Waals surface area (Å²) in [5, 5.41) is 5.02. The van der Waals surface area contributed by atoms with E-state index in [0.717, 1.165) is 39.3 Å². The molecule has 1 aromatic heterocycles. The zero-order valence-electron chi connectivity index (χ0n) is 28.0. The van der Waals surface area contributed by atoms with Gasteiger partial charge >= 0.3 is 0 Å². The van der Waals surface area contributed by atoms with Gasteiger partial charge in [0.15, 0.2) is 17.5 Å². The number of rotatable bonds is 3. The second-order valence-corrected chi connectivity index (χ2v) is 13.5. The molecular weight excluding hydrogens is 635 g/mol. The number of aromatic nitrogens is 3. The summed E-state index contributed by atoms with van der Waals surface area (Å²) in [7, 11) is 0. The minimum Gasteiger partial charge on any atom is -0.457 e. The van der Waals surface area contributed by atoms with Crippen molar-refractivity contribution in [3.63, 3.8) is 0 Å². The fourth-order valence-electron chi connectivity index (χ4n) is 8.66. The Morgan fingerprint density at radius 3 is 1.56 bits per heavy atom. The van der Waals surface area contributed by atoms with Crippen molar-refractivity contribution in [2.24, 2.45) is 0 Å². The zero-order valence-corrected chi connectivity index (χ0v) is 28.0. The first-order valence-corrected chi connectivity index (χ1v) is 17.6. The molecule has 4 nitrogen and oxygen atoms in total. The standard InChI is InChI=1S/C48H29N3O/c1-3-15-30(16-4-1)45-49-46(31-17-5-2-6-18-31)51-47(50-45)32-27-28-40-42(29-32)52-41-26-14-13-25-39(41)48(40)38-24-12-11-23-37(38)43-35-21-9-7-19-33(35)34-20-8-10-22-36(34)44(43)48/h1-29H. The molecule has 4 heteroatoms. The number of ether oxygens (including phenoxy) is 1. The van der Waals surface area contributed by atoms with Crippen LogP contribution in [0.1, 0.15) is 22.3 Å². The summed E-state index contributed by atoms with van der Waals surface area (Å²) < 4.78 is 6.91. The van der Waals surface area contributed by atoms with Gasteiger partial charge in [0.05, 0.1) is 5.41 Å². The van der Waals surface area contributed by atoms with Crippen LogP contribution in [0.25, 0.3) is 66.8 Å². The summed E-state index contributed by atoms with van der Waals surface area (Å²) in [6.07, 6.45) is 0. The summed E-state index contributed by atoms with van der Waals surface area (Å²) in [5.41, 5.74) is 9.44. The van der Waals surface area contributed by atoms with E-state index in [-0.39, 0.29) is 0 Å². The predicted molar refractivity (Wildman–Crippen MR) is 209 cm³/mol. The molecule has 1 aliphatic heterocycles. The maximum Gasteiger partial charge on any atom is 0.164 e. The number of para-hydroxylation sites is 1. The van der Waals surface area contributed by atoms with Gasteiger partial charge in [-0.25, -0.2) is 15.0 Å². The lowest BCUT2D eigenvalue weighted by atomic mass is 9.65. The van der Waals surface area contributed by atoms with Crippen molar-refractivity contribution in [3.05, 3.63) is 198 Å². The molecule has 2 heterocycles. The molecule has 242 valence electrons. The van der Waals surface area contributed by atoms with E-state index in [9.17, 15) is 0 Å². The van der Waals surface area contributed by atoms with E-state index in [0.29, 0.717) is 17.5 Å². The number of hydrogen-bond acceptors (Lipinski definition) is 4. The molecule has 0 bridgehead atoms. The highest BCUT2D eigenvalue weighted by Crippen LogP contribution is 2.64. The molecule has 0 saturated heterocycles. The smallest absolute Gasteiger partial charge is 0.164 e. The lowest BCUT2D eigenvalue weighted by molar-refractivity contribution is 0.437. The molecule has 2 aliphatic rings. The predicted octanol–water partition coefficient (Wildman–Crippen LogP) is 11.6. The third-order valence-corrected chi connectivity index (χ3v) is 10.8. The molecule has 1 unspecified atom stereocenters. The van der Waals surface area contributed by atoms with E-state index in [1.807, 2.05) is 60.7 Å². The highest BCUT2D eigenvalue weighted by atomic mass is 16.5. The second-order valence-electron chi connectivity index (χ2n) is 13.5. The molecule has 8 aromatic carbocycles. The highest BCUT2D eigenvalue weighted by Gasteiger charge is 2.52. The largest absolute Gasteiger partial charge is 0.457 e. The van der Waals surface area contributed by atoms with Crippen molar-refractivity contribution in [2.45, 2.75) is 5.41 Å². The van der Waals surface area contributed by atoms with Gasteiger partial charge in [0, 0.05) is 27.8 Å². The summed E-state index contributed by atoms with van der Waals surface area (Å²) in [6.45, 7) is 0. The van der Waals surface area contributed by atoms with Crippen LogP contribution in [0.2, 0.25) is 0 Å². The SMILES string of the molecule is c1ccc(-c2nc(-c3ccccc3)nc(-c3ccc4c(c3)Oc3ccccc3C43c4ccccc4-c4c3c3ccccc3c3ccccc43)n2)cc1. The first kappa shape index (κ1) is 28.9. The average molecular weight is 664 g/mol. The van der Waals surface area contributed by atoms with E-state index in [1.165, 1.54) is 43.8 Å². The fourth-order valence-corrected chi connectivity index (χ4v) is 8.66. The maximum absolute atomic E-state index is 6.91. The van der Waals surface area contributed by atoms with E-state index >= 15 is 0 Å². The fraction of sp³-hybridized carbons (Fsp3) is 0.0208. The third-order valence-electron chi connectivity index (χ3n) is 10.8. The first-order valence-electron chi connectivity index (χ1n) is 17.6. The van der Waals surface area contributed by atoms with Gasteiger partial charge in [-0.1, -0.05) is 164 Å². The lowest BCUT2D eigenvalue weighted by Crippen LogP contribution is -2.32. The number of hydrogen-bond donors (Lipinski definition) is 0. The first-order chi connectivity index (χ1) is 25.8. The Balaban J connectivity index is 1.21. The van der Waals surface area contributed by atoms with Gasteiger partial charge < -0.3 is 4.74 Å². The topological polar surface area (TPSA) is 47.9 Å². The van der Waals surface area contributed by atoms with Crippen molar-refractivity contribution >= 4 is 21.5 Å². The van der Waals surface area contributed by atoms with Gasteiger partial charge in [-0.3, -0.25) is 0 Å². The molecule has 1 atom stereocenters. The van der Waals surface area contributed by atoms with Crippen LogP contribution < -0.4 is 4.74 Å². The Kier molecular flexibility index (Phi) is 6.13. The molecule has 0 N–H and O–H groups in total. The van der Waals surface area contributed by atoms with Gasteiger partial charge in [-0.2, -0.15) is 0 Å². The lowest BCUT2D eigenvalue weighted by Gasteiger charge is -2.40. The van der Waals surface area contributed by atoms with Crippen molar-refractivity contribution in [1.29, 1.82) is 0 Å². The molecule has 0 amide bonds. The molecule has 52 heavy (non-hydrogen) atoms. The molecule has 9 aromatic rings. The van der Waals surface area contributed by atoms with Crippen LogP contribution in [0.5, 0.6) is 11.5 Å². The molecule has 0 saturated carbocycles. The Morgan fingerprint density at radius 1 is 0.365 bits per heavy atom. The highest BCUT2D eigenvalue weighted by molar-refractivity contribution is 6.19. The van der Waals surface area contributed by atoms with Gasteiger partial charge in [-0.15, -0.1) is 0 Å². The summed E-state index contributed by atoms with van der Waals surface area (Å²) in [4.78, 5) is 15.0. The van der Waals surface area contributed by atoms with Crippen LogP contribution in [0.3, 0.4) is 0 Å². The Labute approximate surface area is 300 Å². The van der Waals surface area contributed by atoms with Gasteiger partial charge in [0.2, 0.25) is 0 Å². The Morgan fingerprint density at radius 2 is 0.865 bits per heavy atom. The van der Waals surface area contributed by atoms with Gasteiger partial charge in [-0.05, 0) is 55.9 Å². The molecule has 0 radical (unpaired) electrons. The summed E-state index contributed by atoms with van der Waals surface area (Å²) in [6, 6.07) is 61.9. The summed E-state index contributed by atoms with van der Waals surface area (Å²) in [5.74, 6) is 3.48. The maximum atomic E-state index is 6.91. The summed E-state index contributed by atoms with van der Waals surface area (Å²) >= 11 is 0. The third kappa shape index (κ3) is 4.00. The molecule has 1 aliphatic carbocycles. The van der Waals surface area contributed by atoms with E-state index in [1.54, 1.807) is 0 Å². The minimum atomic E-state index is -0.623. The molecule has 11 rings (SSSR count).